The number of benzene rings is 2. The van der Waals surface area contributed by atoms with Crippen LogP contribution in [0.3, 0.4) is 0 Å². The molecule has 3 aliphatic rings. The van der Waals surface area contributed by atoms with E-state index >= 15 is 0 Å². The van der Waals surface area contributed by atoms with Crippen molar-refractivity contribution >= 4 is 34.5 Å². The molecule has 0 N–H and O–H groups in total. The minimum Gasteiger partial charge on any atom is -0.314 e. The van der Waals surface area contributed by atoms with E-state index in [9.17, 15) is 18.0 Å². The van der Waals surface area contributed by atoms with Gasteiger partial charge in [-0.1, -0.05) is 12.1 Å². The molecule has 2 aromatic rings. The molecule has 0 aromatic heterocycles. The van der Waals surface area contributed by atoms with Crippen LogP contribution in [0.1, 0.15) is 17.5 Å². The van der Waals surface area contributed by atoms with Gasteiger partial charge in [0.05, 0.1) is 18.7 Å². The molecular weight excluding hydrogens is 532 g/mol. The van der Waals surface area contributed by atoms with Gasteiger partial charge in [-0.15, -0.1) is 0 Å². The normalized spacial score (nSPS) is 18.8. The number of guanidine groups is 1. The molecule has 5 nitrogen and oxygen atoms in total. The van der Waals surface area contributed by atoms with E-state index in [1.165, 1.54) is 0 Å². The number of halogens is 4. The van der Waals surface area contributed by atoms with E-state index in [4.69, 9.17) is 0 Å². The summed E-state index contributed by atoms with van der Waals surface area (Å²) in [6.45, 7) is 3.03. The van der Waals surface area contributed by atoms with Gasteiger partial charge in [0.25, 0.3) is 5.91 Å². The maximum Gasteiger partial charge on any atom is 0.259 e. The lowest BCUT2D eigenvalue weighted by atomic mass is 10.00. The highest BCUT2D eigenvalue weighted by Gasteiger charge is 2.40. The number of aliphatic imine (C=N–C) groups is 1. The Kier molecular flexibility index (Phi) is 5.70. The summed E-state index contributed by atoms with van der Waals surface area (Å²) in [5, 5.41) is 0. The minimum atomic E-state index is -1.47. The summed E-state index contributed by atoms with van der Waals surface area (Å²) < 4.78 is 41.7. The zero-order valence-electron chi connectivity index (χ0n) is 17.1. The summed E-state index contributed by atoms with van der Waals surface area (Å²) in [6.07, 6.45) is 0.642. The molecule has 166 valence electrons. The number of rotatable bonds is 4. The van der Waals surface area contributed by atoms with Gasteiger partial charge < -0.3 is 4.90 Å². The Hall–Kier alpha value is -2.40. The van der Waals surface area contributed by atoms with Crippen LogP contribution in [0.2, 0.25) is 0 Å². The molecule has 3 heterocycles. The highest BCUT2D eigenvalue weighted by Crippen LogP contribution is 2.32. The van der Waals surface area contributed by atoms with Crippen molar-refractivity contribution in [1.82, 2.24) is 14.7 Å². The number of hydrogen-bond donors (Lipinski definition) is 0. The predicted molar refractivity (Wildman–Crippen MR) is 122 cm³/mol. The Labute approximate surface area is 197 Å². The molecule has 0 bridgehead atoms. The first-order chi connectivity index (χ1) is 15.4. The Morgan fingerprint density at radius 2 is 1.69 bits per heavy atom. The fraction of sp³-hybridized carbons (Fsp3) is 0.304. The van der Waals surface area contributed by atoms with Crippen molar-refractivity contribution < 1.29 is 18.0 Å². The van der Waals surface area contributed by atoms with Gasteiger partial charge in [-0.2, -0.15) is 0 Å². The molecule has 5 rings (SSSR count). The van der Waals surface area contributed by atoms with E-state index in [1.54, 1.807) is 4.90 Å². The Morgan fingerprint density at radius 3 is 2.41 bits per heavy atom. The lowest BCUT2D eigenvalue weighted by Gasteiger charge is -2.42. The molecule has 3 aliphatic heterocycles. The van der Waals surface area contributed by atoms with Gasteiger partial charge >= 0.3 is 0 Å². The molecule has 0 unspecified atom stereocenters. The molecule has 1 amide bonds. The first-order valence-corrected chi connectivity index (χ1v) is 11.4. The van der Waals surface area contributed by atoms with Crippen molar-refractivity contribution in [3.8, 4) is 0 Å². The molecule has 9 heteroatoms. The number of fused-ring (bicyclic) bond motifs is 2. The van der Waals surface area contributed by atoms with Crippen LogP contribution in [0, 0.1) is 21.0 Å². The monoisotopic (exact) mass is 552 g/mol. The average molecular weight is 552 g/mol. The number of carbonyl (C=O) groups excluding carboxylic acids is 1. The smallest absolute Gasteiger partial charge is 0.259 e. The van der Waals surface area contributed by atoms with Crippen molar-refractivity contribution in [2.75, 3.05) is 26.2 Å². The van der Waals surface area contributed by atoms with Crippen LogP contribution >= 0.6 is 22.6 Å². The third kappa shape index (κ3) is 3.92. The zero-order valence-corrected chi connectivity index (χ0v) is 19.3. The molecule has 0 spiro atoms. The summed E-state index contributed by atoms with van der Waals surface area (Å²) in [5.74, 6) is -3.26. The molecule has 0 fully saturated rings. The average Bonchev–Trinajstić information content (AvgIpc) is 3.26. The van der Waals surface area contributed by atoms with Crippen molar-refractivity contribution in [2.45, 2.75) is 19.5 Å². The number of nitrogens with zero attached hydrogens (tertiary/aromatic N) is 4. The highest BCUT2D eigenvalue weighted by atomic mass is 127. The van der Waals surface area contributed by atoms with Crippen LogP contribution in [0.5, 0.6) is 0 Å². The van der Waals surface area contributed by atoms with E-state index in [-0.39, 0.29) is 12.5 Å². The van der Waals surface area contributed by atoms with E-state index < -0.39 is 17.5 Å². The van der Waals surface area contributed by atoms with Crippen LogP contribution in [-0.4, -0.2) is 52.7 Å². The molecule has 0 radical (unpaired) electrons. The predicted octanol–water partition coefficient (Wildman–Crippen LogP) is 3.88. The molecular formula is C23H20F3IN4O. The molecule has 0 saturated carbocycles. The van der Waals surface area contributed by atoms with Crippen molar-refractivity contribution in [2.24, 2.45) is 4.99 Å². The van der Waals surface area contributed by atoms with Gasteiger partial charge in [0.2, 0.25) is 5.96 Å². The summed E-state index contributed by atoms with van der Waals surface area (Å²) in [6, 6.07) is 10.0. The summed E-state index contributed by atoms with van der Waals surface area (Å²) in [5.41, 5.74) is 3.03. The van der Waals surface area contributed by atoms with E-state index in [0.29, 0.717) is 49.7 Å². The summed E-state index contributed by atoms with van der Waals surface area (Å²) in [7, 11) is 0. The molecule has 2 aromatic carbocycles. The number of amides is 1. The van der Waals surface area contributed by atoms with Gasteiger partial charge in [0.1, 0.15) is 0 Å². The van der Waals surface area contributed by atoms with Crippen molar-refractivity contribution in [1.29, 1.82) is 0 Å². The van der Waals surface area contributed by atoms with Gasteiger partial charge in [-0.05, 0) is 58.0 Å². The summed E-state index contributed by atoms with van der Waals surface area (Å²) >= 11 is 2.24. The van der Waals surface area contributed by atoms with Crippen LogP contribution < -0.4 is 0 Å². The lowest BCUT2D eigenvalue weighted by Crippen LogP contribution is -2.53. The molecule has 32 heavy (non-hydrogen) atoms. The van der Waals surface area contributed by atoms with Gasteiger partial charge in [0.15, 0.2) is 17.5 Å². The first kappa shape index (κ1) is 21.4. The van der Waals surface area contributed by atoms with Crippen molar-refractivity contribution in [3.05, 3.63) is 79.8 Å². The quantitative estimate of drug-likeness (QED) is 0.427. The zero-order chi connectivity index (χ0) is 22.4. The number of hydrogen-bond acceptors (Lipinski definition) is 4. The second-order valence-corrected chi connectivity index (χ2v) is 9.36. The second kappa shape index (κ2) is 8.51. The van der Waals surface area contributed by atoms with Crippen molar-refractivity contribution in [3.63, 3.8) is 0 Å². The van der Waals surface area contributed by atoms with E-state index in [0.717, 1.165) is 33.5 Å². The molecule has 0 atom stereocenters. The standard InChI is InChI=1S/C23H20F3IN4O/c24-18-9-15(10-19(25)21(18)26)11-29-7-5-20-17(13-29)22(32)31(23-28-6-8-30(20)23)12-14-1-3-16(27)4-2-14/h1-4,9-10H,5-8,11-13H2. The van der Waals surface area contributed by atoms with E-state index in [2.05, 4.69) is 32.5 Å². The Morgan fingerprint density at radius 1 is 0.969 bits per heavy atom. The number of carbonyl (C=O) groups is 1. The molecule has 0 aliphatic carbocycles. The van der Waals surface area contributed by atoms with Crippen LogP contribution in [0.25, 0.3) is 0 Å². The Bertz CT molecular complexity index is 1130. The highest BCUT2D eigenvalue weighted by molar-refractivity contribution is 14.1. The van der Waals surface area contributed by atoms with Gasteiger partial charge in [-0.3, -0.25) is 19.6 Å². The fourth-order valence-corrected chi connectivity index (χ4v) is 4.84. The van der Waals surface area contributed by atoms with E-state index in [1.807, 2.05) is 29.2 Å². The maximum absolute atomic E-state index is 13.6. The largest absolute Gasteiger partial charge is 0.314 e. The SMILES string of the molecule is O=C1C2=C(CCN(Cc3cc(F)c(F)c(F)c3)C2)N2CCN=C2N1Cc1ccc(I)cc1. The summed E-state index contributed by atoms with van der Waals surface area (Å²) in [4.78, 5) is 23.9. The first-order valence-electron chi connectivity index (χ1n) is 10.4. The van der Waals surface area contributed by atoms with Gasteiger partial charge in [-0.25, -0.2) is 13.2 Å². The molecule has 0 saturated heterocycles. The third-order valence-corrected chi connectivity index (χ3v) is 6.71. The van der Waals surface area contributed by atoms with Crippen LogP contribution in [-0.2, 0) is 17.9 Å². The minimum absolute atomic E-state index is 0.0865. The lowest BCUT2D eigenvalue weighted by molar-refractivity contribution is -0.125. The second-order valence-electron chi connectivity index (χ2n) is 8.11. The third-order valence-electron chi connectivity index (χ3n) is 5.99. The maximum atomic E-state index is 13.6. The Balaban J connectivity index is 1.39. The van der Waals surface area contributed by atoms with Gasteiger partial charge in [0, 0.05) is 41.9 Å². The van der Waals surface area contributed by atoms with Crippen LogP contribution in [0.4, 0.5) is 13.2 Å². The van der Waals surface area contributed by atoms with Crippen LogP contribution in [0.15, 0.2) is 52.7 Å². The fourth-order valence-electron chi connectivity index (χ4n) is 4.48. The topological polar surface area (TPSA) is 39.2 Å².